The summed E-state index contributed by atoms with van der Waals surface area (Å²) < 4.78 is 10.2. The van der Waals surface area contributed by atoms with Gasteiger partial charge in [0.15, 0.2) is 5.13 Å². The van der Waals surface area contributed by atoms with Crippen molar-refractivity contribution in [2.45, 2.75) is 33.1 Å². The molecule has 12 heteroatoms. The Morgan fingerprint density at radius 1 is 1.18 bits per heavy atom. The van der Waals surface area contributed by atoms with E-state index in [9.17, 15) is 14.4 Å². The van der Waals surface area contributed by atoms with Crippen molar-refractivity contribution in [1.82, 2.24) is 20.4 Å². The van der Waals surface area contributed by atoms with E-state index < -0.39 is 5.97 Å². The lowest BCUT2D eigenvalue weighted by Crippen LogP contribution is -2.27. The van der Waals surface area contributed by atoms with Crippen molar-refractivity contribution in [3.8, 4) is 11.4 Å². The molecule has 0 saturated heterocycles. The van der Waals surface area contributed by atoms with E-state index in [-0.39, 0.29) is 31.4 Å². The third kappa shape index (κ3) is 6.93. The van der Waals surface area contributed by atoms with Crippen LogP contribution in [0.4, 0.5) is 5.13 Å². The fraction of sp³-hybridized carbons (Fsp3) is 0.364. The number of aryl methyl sites for hydroxylation is 2. The predicted molar refractivity (Wildman–Crippen MR) is 125 cm³/mol. The molecule has 0 radical (unpaired) electrons. The number of nitrogens with zero attached hydrogens (tertiary/aromatic N) is 3. The standard InChI is InChI=1S/C22H26N6O5S/c1-13-18(21(31)32-11-4-3-9-23)34-22(25-13)27-17(29)8-10-24-20(30)16-7-5-6-15(12-16)19-26-14(2)33-28-19/h5-7,12H,3-4,8-11,23H2,1-2H3,(H,24,30)(H,25,27,29). The average molecular weight is 487 g/mol. The van der Waals surface area contributed by atoms with Gasteiger partial charge in [-0.1, -0.05) is 28.6 Å². The van der Waals surface area contributed by atoms with E-state index in [1.165, 1.54) is 0 Å². The Bertz CT molecular complexity index is 1160. The Kier molecular flexibility index (Phi) is 8.82. The van der Waals surface area contributed by atoms with Gasteiger partial charge in [0.05, 0.1) is 12.3 Å². The molecule has 1 aromatic carbocycles. The summed E-state index contributed by atoms with van der Waals surface area (Å²) in [5.74, 6) is -0.326. The fourth-order valence-corrected chi connectivity index (χ4v) is 3.78. The van der Waals surface area contributed by atoms with Crippen molar-refractivity contribution < 1.29 is 23.6 Å². The molecule has 0 bridgehead atoms. The Balaban J connectivity index is 1.47. The quantitative estimate of drug-likeness (QED) is 0.273. The van der Waals surface area contributed by atoms with Gasteiger partial charge in [0.1, 0.15) is 4.88 Å². The van der Waals surface area contributed by atoms with Crippen molar-refractivity contribution in [2.24, 2.45) is 5.73 Å². The van der Waals surface area contributed by atoms with Crippen LogP contribution in [0, 0.1) is 13.8 Å². The highest BCUT2D eigenvalue weighted by atomic mass is 32.1. The molecule has 0 saturated carbocycles. The van der Waals surface area contributed by atoms with Gasteiger partial charge in [-0.2, -0.15) is 4.98 Å². The number of aromatic nitrogens is 3. The van der Waals surface area contributed by atoms with Gasteiger partial charge in [0.25, 0.3) is 5.91 Å². The number of esters is 1. The zero-order valence-corrected chi connectivity index (χ0v) is 19.7. The monoisotopic (exact) mass is 486 g/mol. The van der Waals surface area contributed by atoms with Crippen LogP contribution in [0.15, 0.2) is 28.8 Å². The first-order valence-electron chi connectivity index (χ1n) is 10.7. The molecule has 0 atom stereocenters. The third-order valence-electron chi connectivity index (χ3n) is 4.61. The minimum Gasteiger partial charge on any atom is -0.461 e. The number of carbonyl (C=O) groups is 3. The van der Waals surface area contributed by atoms with E-state index in [1.807, 2.05) is 0 Å². The second kappa shape index (κ2) is 12.0. The molecule has 2 amide bonds. The van der Waals surface area contributed by atoms with E-state index in [0.29, 0.717) is 51.5 Å². The molecule has 180 valence electrons. The number of nitrogens with two attached hydrogens (primary N) is 1. The molecule has 11 nitrogen and oxygen atoms in total. The number of carbonyl (C=O) groups excluding carboxylic acids is 3. The van der Waals surface area contributed by atoms with E-state index in [2.05, 4.69) is 25.8 Å². The first-order chi connectivity index (χ1) is 16.4. The maximum Gasteiger partial charge on any atom is 0.350 e. The van der Waals surface area contributed by atoms with Gasteiger partial charge < -0.3 is 25.6 Å². The van der Waals surface area contributed by atoms with Gasteiger partial charge in [-0.25, -0.2) is 9.78 Å². The number of hydrogen-bond acceptors (Lipinski definition) is 10. The van der Waals surface area contributed by atoms with Crippen LogP contribution < -0.4 is 16.4 Å². The van der Waals surface area contributed by atoms with E-state index >= 15 is 0 Å². The summed E-state index contributed by atoms with van der Waals surface area (Å²) in [4.78, 5) is 45.6. The van der Waals surface area contributed by atoms with Crippen molar-refractivity contribution in [3.05, 3.63) is 46.3 Å². The molecule has 2 heterocycles. The number of amides is 2. The molecule has 2 aromatic heterocycles. The highest BCUT2D eigenvalue weighted by molar-refractivity contribution is 7.17. The summed E-state index contributed by atoms with van der Waals surface area (Å²) >= 11 is 1.05. The summed E-state index contributed by atoms with van der Waals surface area (Å²) in [5, 5.41) is 9.49. The van der Waals surface area contributed by atoms with Crippen molar-refractivity contribution in [2.75, 3.05) is 25.0 Å². The topological polar surface area (TPSA) is 162 Å². The number of rotatable bonds is 11. The van der Waals surface area contributed by atoms with Crippen LogP contribution >= 0.6 is 11.3 Å². The van der Waals surface area contributed by atoms with Gasteiger partial charge in [-0.15, -0.1) is 0 Å². The van der Waals surface area contributed by atoms with Gasteiger partial charge in [0, 0.05) is 31.0 Å². The number of hydrogen-bond donors (Lipinski definition) is 3. The van der Waals surface area contributed by atoms with Gasteiger partial charge in [-0.05, 0) is 38.4 Å². The lowest BCUT2D eigenvalue weighted by atomic mass is 10.1. The van der Waals surface area contributed by atoms with Crippen LogP contribution in [0.1, 0.15) is 50.9 Å². The Morgan fingerprint density at radius 3 is 2.74 bits per heavy atom. The summed E-state index contributed by atoms with van der Waals surface area (Å²) in [6.45, 7) is 4.30. The molecule has 4 N–H and O–H groups in total. The largest absolute Gasteiger partial charge is 0.461 e. The number of unbranched alkanes of at least 4 members (excludes halogenated alkanes) is 1. The molecule has 3 rings (SSSR count). The lowest BCUT2D eigenvalue weighted by Gasteiger charge is -2.06. The number of benzene rings is 1. The number of ether oxygens (including phenoxy) is 1. The zero-order valence-electron chi connectivity index (χ0n) is 18.9. The second-order valence-electron chi connectivity index (χ2n) is 7.34. The van der Waals surface area contributed by atoms with E-state index in [1.54, 1.807) is 38.1 Å². The Labute approximate surface area is 200 Å². The maximum absolute atomic E-state index is 12.4. The van der Waals surface area contributed by atoms with Crippen LogP contribution in [0.3, 0.4) is 0 Å². The van der Waals surface area contributed by atoms with E-state index in [4.69, 9.17) is 15.0 Å². The maximum atomic E-state index is 12.4. The number of anilines is 1. The molecule has 3 aromatic rings. The first kappa shape index (κ1) is 25.0. The van der Waals surface area contributed by atoms with Crippen LogP contribution in [-0.2, 0) is 9.53 Å². The minimum atomic E-state index is -0.474. The van der Waals surface area contributed by atoms with Crippen LogP contribution in [0.2, 0.25) is 0 Å². The summed E-state index contributed by atoms with van der Waals surface area (Å²) in [6.07, 6.45) is 1.50. The molecular weight excluding hydrogens is 460 g/mol. The SMILES string of the molecule is Cc1nc(-c2cccc(C(=O)NCCC(=O)Nc3nc(C)c(C(=O)OCCCCN)s3)c2)no1. The van der Waals surface area contributed by atoms with E-state index in [0.717, 1.165) is 17.8 Å². The molecule has 0 aliphatic rings. The number of thiazole rings is 1. The van der Waals surface area contributed by atoms with Crippen LogP contribution in [0.5, 0.6) is 0 Å². The van der Waals surface area contributed by atoms with Gasteiger partial charge in [0.2, 0.25) is 17.6 Å². The normalized spacial score (nSPS) is 10.7. The highest BCUT2D eigenvalue weighted by Crippen LogP contribution is 2.23. The predicted octanol–water partition coefficient (Wildman–Crippen LogP) is 2.46. The zero-order chi connectivity index (χ0) is 24.5. The molecule has 0 fully saturated rings. The minimum absolute atomic E-state index is 0.0347. The molecule has 34 heavy (non-hydrogen) atoms. The number of nitrogens with one attached hydrogen (secondary N) is 2. The fourth-order valence-electron chi connectivity index (χ4n) is 2.91. The van der Waals surface area contributed by atoms with Crippen molar-refractivity contribution >= 4 is 34.3 Å². The lowest BCUT2D eigenvalue weighted by molar-refractivity contribution is -0.116. The van der Waals surface area contributed by atoms with Gasteiger partial charge in [-0.3, -0.25) is 9.59 Å². The Hall–Kier alpha value is -3.64. The van der Waals surface area contributed by atoms with Crippen molar-refractivity contribution in [1.29, 1.82) is 0 Å². The smallest absolute Gasteiger partial charge is 0.350 e. The first-order valence-corrected chi connectivity index (χ1v) is 11.5. The third-order valence-corrected chi connectivity index (χ3v) is 5.66. The Morgan fingerprint density at radius 2 is 2.00 bits per heavy atom. The van der Waals surface area contributed by atoms with Gasteiger partial charge >= 0.3 is 5.97 Å². The molecular formula is C22H26N6O5S. The summed E-state index contributed by atoms with van der Waals surface area (Å²) in [5.41, 5.74) is 6.96. The molecule has 0 aliphatic heterocycles. The summed E-state index contributed by atoms with van der Waals surface area (Å²) in [7, 11) is 0. The molecule has 0 spiro atoms. The highest BCUT2D eigenvalue weighted by Gasteiger charge is 2.18. The van der Waals surface area contributed by atoms with Crippen LogP contribution in [-0.4, -0.2) is 52.6 Å². The molecule has 0 unspecified atom stereocenters. The average Bonchev–Trinajstić information content (AvgIpc) is 3.41. The van der Waals surface area contributed by atoms with Crippen LogP contribution in [0.25, 0.3) is 11.4 Å². The summed E-state index contributed by atoms with van der Waals surface area (Å²) in [6, 6.07) is 6.79. The second-order valence-corrected chi connectivity index (χ2v) is 8.34. The van der Waals surface area contributed by atoms with Crippen molar-refractivity contribution in [3.63, 3.8) is 0 Å². The molecule has 0 aliphatic carbocycles.